The molecular formula is C28H23Cl2N5O3S3. The van der Waals surface area contributed by atoms with Crippen LogP contribution in [-0.4, -0.2) is 38.6 Å². The molecule has 0 bridgehead atoms. The third-order valence-corrected chi connectivity index (χ3v) is 8.50. The van der Waals surface area contributed by atoms with Crippen molar-refractivity contribution in [2.24, 2.45) is 0 Å². The first-order chi connectivity index (χ1) is 19.8. The minimum Gasteiger partial charge on any atom is -0.321 e. The van der Waals surface area contributed by atoms with E-state index < -0.39 is 11.8 Å². The number of aromatic nitrogens is 2. The molecule has 8 nitrogen and oxygen atoms in total. The van der Waals surface area contributed by atoms with Crippen molar-refractivity contribution in [3.05, 3.63) is 99.7 Å². The Morgan fingerprint density at radius 1 is 0.951 bits per heavy atom. The van der Waals surface area contributed by atoms with Crippen LogP contribution in [0, 0.1) is 0 Å². The maximum absolute atomic E-state index is 13.4. The van der Waals surface area contributed by atoms with E-state index >= 15 is 0 Å². The molecule has 0 aliphatic carbocycles. The summed E-state index contributed by atoms with van der Waals surface area (Å²) in [6, 6.07) is 20.6. The molecule has 13 heteroatoms. The summed E-state index contributed by atoms with van der Waals surface area (Å²) < 4.78 is 4.19. The Kier molecular flexibility index (Phi) is 11.2. The number of thioether (sulfide) groups is 2. The molecule has 0 saturated heterocycles. The second-order valence-electron chi connectivity index (χ2n) is 8.16. The summed E-state index contributed by atoms with van der Waals surface area (Å²) in [4.78, 5) is 43.7. The molecule has 41 heavy (non-hydrogen) atoms. The van der Waals surface area contributed by atoms with Gasteiger partial charge in [-0.25, -0.2) is 0 Å². The summed E-state index contributed by atoms with van der Waals surface area (Å²) in [5, 5.41) is 9.88. The van der Waals surface area contributed by atoms with Crippen LogP contribution in [0.4, 0.5) is 10.8 Å². The largest absolute Gasteiger partial charge is 0.321 e. The fraction of sp³-hybridized carbons (Fsp3) is 0.107. The molecule has 3 N–H and O–H groups in total. The van der Waals surface area contributed by atoms with Crippen LogP contribution in [0.25, 0.3) is 6.08 Å². The summed E-state index contributed by atoms with van der Waals surface area (Å²) in [5.41, 5.74) is 1.29. The van der Waals surface area contributed by atoms with E-state index in [-0.39, 0.29) is 22.4 Å². The quantitative estimate of drug-likeness (QED) is 0.118. The van der Waals surface area contributed by atoms with Crippen molar-refractivity contribution in [1.29, 1.82) is 0 Å². The molecule has 210 valence electrons. The number of rotatable bonds is 11. The van der Waals surface area contributed by atoms with Crippen molar-refractivity contribution in [2.75, 3.05) is 22.1 Å². The van der Waals surface area contributed by atoms with Crippen molar-refractivity contribution < 1.29 is 14.4 Å². The molecule has 1 heterocycles. The highest BCUT2D eigenvalue weighted by Gasteiger charge is 2.17. The zero-order valence-corrected chi connectivity index (χ0v) is 25.5. The van der Waals surface area contributed by atoms with Crippen LogP contribution < -0.4 is 16.0 Å². The van der Waals surface area contributed by atoms with Crippen LogP contribution in [0.2, 0.25) is 10.0 Å². The van der Waals surface area contributed by atoms with E-state index in [4.69, 9.17) is 23.2 Å². The Labute approximate surface area is 259 Å². The van der Waals surface area contributed by atoms with Gasteiger partial charge in [0.25, 0.3) is 11.8 Å². The molecule has 4 rings (SSSR count). The van der Waals surface area contributed by atoms with Crippen molar-refractivity contribution in [3.8, 4) is 0 Å². The summed E-state index contributed by atoms with van der Waals surface area (Å²) in [5.74, 6) is -0.268. The fourth-order valence-electron chi connectivity index (χ4n) is 3.34. The minimum atomic E-state index is -0.567. The topological polar surface area (TPSA) is 113 Å². The van der Waals surface area contributed by atoms with Gasteiger partial charge >= 0.3 is 0 Å². The van der Waals surface area contributed by atoms with Gasteiger partial charge in [0.05, 0.1) is 15.8 Å². The van der Waals surface area contributed by atoms with Gasteiger partial charge in [-0.3, -0.25) is 19.7 Å². The number of nitrogens with one attached hydrogen (secondary N) is 3. The van der Waals surface area contributed by atoms with E-state index in [1.165, 1.54) is 29.6 Å². The van der Waals surface area contributed by atoms with Gasteiger partial charge in [-0.05, 0) is 53.8 Å². The molecule has 0 radical (unpaired) electrons. The maximum atomic E-state index is 13.4. The van der Waals surface area contributed by atoms with Gasteiger partial charge in [-0.1, -0.05) is 78.3 Å². The van der Waals surface area contributed by atoms with Crippen LogP contribution in [0.3, 0.4) is 0 Å². The normalized spacial score (nSPS) is 11.1. The lowest BCUT2D eigenvalue weighted by atomic mass is 10.1. The zero-order valence-electron chi connectivity index (χ0n) is 21.5. The van der Waals surface area contributed by atoms with Gasteiger partial charge < -0.3 is 10.6 Å². The minimum absolute atomic E-state index is 0.0295. The Balaban J connectivity index is 1.45. The number of hydrogen-bond acceptors (Lipinski definition) is 8. The Bertz CT molecular complexity index is 1580. The van der Waals surface area contributed by atoms with E-state index in [1.54, 1.807) is 66.7 Å². The second kappa shape index (κ2) is 15.0. The number of halogens is 2. The van der Waals surface area contributed by atoms with Gasteiger partial charge in [0, 0.05) is 27.7 Å². The van der Waals surface area contributed by atoms with Gasteiger partial charge in [0.15, 0.2) is 0 Å². The highest BCUT2D eigenvalue weighted by molar-refractivity contribution is 8.00. The van der Waals surface area contributed by atoms with Gasteiger partial charge in [0.2, 0.25) is 16.2 Å². The molecule has 0 aliphatic rings. The average Bonchev–Trinajstić information content (AvgIpc) is 3.41. The number of carbonyl (C=O) groups excluding carboxylic acids is 3. The Morgan fingerprint density at radius 3 is 2.51 bits per heavy atom. The lowest BCUT2D eigenvalue weighted by Crippen LogP contribution is -2.30. The molecule has 0 unspecified atom stereocenters. The third kappa shape index (κ3) is 9.07. The molecular weight excluding hydrogens is 621 g/mol. The first kappa shape index (κ1) is 30.6. The van der Waals surface area contributed by atoms with Gasteiger partial charge in [-0.2, -0.15) is 9.36 Å². The van der Waals surface area contributed by atoms with Crippen LogP contribution in [-0.2, 0) is 9.59 Å². The predicted octanol–water partition coefficient (Wildman–Crippen LogP) is 7.10. The molecule has 0 spiro atoms. The first-order valence-corrected chi connectivity index (χ1v) is 15.6. The standard InChI is InChI=1S/C28H23Cl2N5O3S3/c1-2-39-28-34-27(41-35-28)33-23(36)16-40-20-12-7-11-19(15-20)31-26(38)22(14-18-10-6-13-21(29)24(18)30)32-25(37)17-8-4-3-5-9-17/h3-15H,2,16H2,1H3,(H,31,38)(H,32,37)(H,33,34,35,36)/b22-14+. The number of nitrogens with zero attached hydrogens (tertiary/aromatic N) is 2. The van der Waals surface area contributed by atoms with Crippen LogP contribution in [0.15, 0.2) is 88.5 Å². The monoisotopic (exact) mass is 643 g/mol. The molecule has 3 amide bonds. The summed E-state index contributed by atoms with van der Waals surface area (Å²) in [6.45, 7) is 2.00. The summed E-state index contributed by atoms with van der Waals surface area (Å²) in [6.07, 6.45) is 1.46. The highest BCUT2D eigenvalue weighted by atomic mass is 35.5. The van der Waals surface area contributed by atoms with E-state index in [9.17, 15) is 14.4 Å². The molecule has 1 aromatic heterocycles. The van der Waals surface area contributed by atoms with E-state index in [0.29, 0.717) is 32.1 Å². The molecule has 4 aromatic rings. The lowest BCUT2D eigenvalue weighted by Gasteiger charge is -2.13. The smallest absolute Gasteiger partial charge is 0.272 e. The Hall–Kier alpha value is -3.35. The molecule has 0 aliphatic heterocycles. The van der Waals surface area contributed by atoms with Crippen molar-refractivity contribution in [2.45, 2.75) is 17.0 Å². The summed E-state index contributed by atoms with van der Waals surface area (Å²) >= 11 is 16.4. The van der Waals surface area contributed by atoms with Crippen LogP contribution in [0.5, 0.6) is 0 Å². The average molecular weight is 645 g/mol. The maximum Gasteiger partial charge on any atom is 0.272 e. The number of hydrogen-bond donors (Lipinski definition) is 3. The third-order valence-electron chi connectivity index (χ3n) is 5.20. The fourth-order valence-corrected chi connectivity index (χ4v) is 5.75. The number of anilines is 2. The Morgan fingerprint density at radius 2 is 1.73 bits per heavy atom. The first-order valence-electron chi connectivity index (χ1n) is 12.1. The zero-order chi connectivity index (χ0) is 29.2. The van der Waals surface area contributed by atoms with Crippen molar-refractivity contribution in [3.63, 3.8) is 0 Å². The number of benzene rings is 3. The second-order valence-corrected chi connectivity index (χ2v) is 12.0. The van der Waals surface area contributed by atoms with E-state index in [1.807, 2.05) is 13.0 Å². The van der Waals surface area contributed by atoms with Crippen molar-refractivity contribution in [1.82, 2.24) is 14.7 Å². The van der Waals surface area contributed by atoms with Gasteiger partial charge in [-0.15, -0.1) is 11.8 Å². The number of carbonyl (C=O) groups is 3. The summed E-state index contributed by atoms with van der Waals surface area (Å²) in [7, 11) is 0. The molecule has 0 fully saturated rings. The molecule has 3 aromatic carbocycles. The molecule has 0 saturated carbocycles. The molecule has 0 atom stereocenters. The number of amides is 3. The SMILES string of the molecule is CCSc1nsc(NC(=O)CSc2cccc(NC(=O)/C(=C\c3cccc(Cl)c3Cl)NC(=O)c3ccccc3)c2)n1. The van der Waals surface area contributed by atoms with Crippen LogP contribution in [0.1, 0.15) is 22.8 Å². The highest BCUT2D eigenvalue weighted by Crippen LogP contribution is 2.28. The van der Waals surface area contributed by atoms with E-state index in [0.717, 1.165) is 22.2 Å². The lowest BCUT2D eigenvalue weighted by molar-refractivity contribution is -0.114. The van der Waals surface area contributed by atoms with E-state index in [2.05, 4.69) is 25.3 Å². The van der Waals surface area contributed by atoms with Gasteiger partial charge in [0.1, 0.15) is 5.70 Å². The van der Waals surface area contributed by atoms with Crippen LogP contribution >= 0.6 is 58.3 Å². The predicted molar refractivity (Wildman–Crippen MR) is 169 cm³/mol. The van der Waals surface area contributed by atoms with Crippen molar-refractivity contribution >= 4 is 92.9 Å².